The SMILES string of the molecule is C=CCNc1nc(-c2ccccc2)cc(N(CC)Cc2ccccc2)n1. The fourth-order valence-corrected chi connectivity index (χ4v) is 2.75. The van der Waals surface area contributed by atoms with Crippen LogP contribution >= 0.6 is 0 Å². The summed E-state index contributed by atoms with van der Waals surface area (Å²) in [5.74, 6) is 1.53. The lowest BCUT2D eigenvalue weighted by Gasteiger charge is -2.23. The Labute approximate surface area is 155 Å². The predicted molar refractivity (Wildman–Crippen MR) is 109 cm³/mol. The van der Waals surface area contributed by atoms with Gasteiger partial charge < -0.3 is 10.2 Å². The van der Waals surface area contributed by atoms with E-state index < -0.39 is 0 Å². The van der Waals surface area contributed by atoms with Gasteiger partial charge in [-0.1, -0.05) is 66.7 Å². The zero-order valence-electron chi connectivity index (χ0n) is 15.1. The highest BCUT2D eigenvalue weighted by molar-refractivity contribution is 5.64. The molecule has 3 aromatic rings. The monoisotopic (exact) mass is 344 g/mol. The number of benzene rings is 2. The fraction of sp³-hybridized carbons (Fsp3) is 0.182. The molecule has 1 aromatic heterocycles. The summed E-state index contributed by atoms with van der Waals surface area (Å²) in [6, 6.07) is 22.7. The number of hydrogen-bond acceptors (Lipinski definition) is 4. The van der Waals surface area contributed by atoms with E-state index in [0.29, 0.717) is 12.5 Å². The number of nitrogens with one attached hydrogen (secondary N) is 1. The molecule has 4 heteroatoms. The average molecular weight is 344 g/mol. The molecule has 4 nitrogen and oxygen atoms in total. The van der Waals surface area contributed by atoms with Crippen LogP contribution in [0, 0.1) is 0 Å². The summed E-state index contributed by atoms with van der Waals surface area (Å²) >= 11 is 0. The van der Waals surface area contributed by atoms with Crippen LogP contribution in [-0.2, 0) is 6.54 Å². The van der Waals surface area contributed by atoms with Crippen LogP contribution < -0.4 is 10.2 Å². The molecule has 0 fully saturated rings. The predicted octanol–water partition coefficient (Wildman–Crippen LogP) is 4.77. The van der Waals surface area contributed by atoms with Crippen LogP contribution in [0.4, 0.5) is 11.8 Å². The van der Waals surface area contributed by atoms with E-state index in [4.69, 9.17) is 4.98 Å². The normalized spacial score (nSPS) is 10.3. The number of aromatic nitrogens is 2. The summed E-state index contributed by atoms with van der Waals surface area (Å²) in [5.41, 5.74) is 3.25. The minimum Gasteiger partial charge on any atom is -0.352 e. The third-order valence-electron chi connectivity index (χ3n) is 4.11. The van der Waals surface area contributed by atoms with Gasteiger partial charge >= 0.3 is 0 Å². The zero-order valence-corrected chi connectivity index (χ0v) is 15.1. The molecule has 1 N–H and O–H groups in total. The Bertz CT molecular complexity index is 831. The Morgan fingerprint density at radius 2 is 1.69 bits per heavy atom. The summed E-state index contributed by atoms with van der Waals surface area (Å²) in [4.78, 5) is 11.6. The van der Waals surface area contributed by atoms with Gasteiger partial charge in [0.05, 0.1) is 5.69 Å². The van der Waals surface area contributed by atoms with Crippen LogP contribution in [-0.4, -0.2) is 23.1 Å². The van der Waals surface area contributed by atoms with Crippen molar-refractivity contribution in [1.29, 1.82) is 0 Å². The minimum atomic E-state index is 0.618. The van der Waals surface area contributed by atoms with E-state index in [9.17, 15) is 0 Å². The second-order valence-corrected chi connectivity index (χ2v) is 5.97. The highest BCUT2D eigenvalue weighted by atomic mass is 15.2. The van der Waals surface area contributed by atoms with Crippen molar-refractivity contribution in [3.8, 4) is 11.3 Å². The highest BCUT2D eigenvalue weighted by Gasteiger charge is 2.12. The van der Waals surface area contributed by atoms with Crippen molar-refractivity contribution in [2.24, 2.45) is 0 Å². The number of nitrogens with zero attached hydrogens (tertiary/aromatic N) is 3. The van der Waals surface area contributed by atoms with Crippen LogP contribution in [0.25, 0.3) is 11.3 Å². The van der Waals surface area contributed by atoms with E-state index in [0.717, 1.165) is 30.2 Å². The molecule has 0 atom stereocenters. The molecule has 0 aliphatic rings. The van der Waals surface area contributed by atoms with Crippen molar-refractivity contribution in [2.45, 2.75) is 13.5 Å². The number of anilines is 2. The maximum absolute atomic E-state index is 4.72. The van der Waals surface area contributed by atoms with Gasteiger partial charge in [0, 0.05) is 31.3 Å². The Morgan fingerprint density at radius 3 is 2.35 bits per heavy atom. The Hall–Kier alpha value is -3.14. The van der Waals surface area contributed by atoms with E-state index >= 15 is 0 Å². The van der Waals surface area contributed by atoms with E-state index in [1.807, 2.05) is 24.3 Å². The third-order valence-corrected chi connectivity index (χ3v) is 4.11. The molecule has 0 aliphatic carbocycles. The van der Waals surface area contributed by atoms with Crippen LogP contribution in [0.1, 0.15) is 12.5 Å². The van der Waals surface area contributed by atoms with E-state index in [2.05, 4.69) is 71.2 Å². The number of hydrogen-bond donors (Lipinski definition) is 1. The van der Waals surface area contributed by atoms with Crippen LogP contribution in [0.5, 0.6) is 0 Å². The molecule has 0 radical (unpaired) electrons. The van der Waals surface area contributed by atoms with Gasteiger partial charge in [0.2, 0.25) is 5.95 Å². The van der Waals surface area contributed by atoms with Gasteiger partial charge in [0.1, 0.15) is 5.82 Å². The standard InChI is InChI=1S/C22H24N4/c1-3-15-23-22-24-20(19-13-9-6-10-14-19)16-21(25-22)26(4-2)17-18-11-7-5-8-12-18/h3,5-14,16H,1,4,15,17H2,2H3,(H,23,24,25). The van der Waals surface area contributed by atoms with Crippen LogP contribution in [0.3, 0.4) is 0 Å². The molecule has 3 rings (SSSR count). The van der Waals surface area contributed by atoms with Crippen LogP contribution in [0.2, 0.25) is 0 Å². The van der Waals surface area contributed by atoms with Crippen molar-refractivity contribution in [3.63, 3.8) is 0 Å². The maximum atomic E-state index is 4.72. The molecule has 2 aromatic carbocycles. The zero-order chi connectivity index (χ0) is 18.2. The van der Waals surface area contributed by atoms with E-state index in [-0.39, 0.29) is 0 Å². The Balaban J connectivity index is 1.96. The lowest BCUT2D eigenvalue weighted by atomic mass is 10.1. The summed E-state index contributed by atoms with van der Waals surface area (Å²) in [5, 5.41) is 3.22. The van der Waals surface area contributed by atoms with Gasteiger partial charge in [-0.3, -0.25) is 0 Å². The molecule has 0 aliphatic heterocycles. The molecule has 0 amide bonds. The molecule has 0 bridgehead atoms. The van der Waals surface area contributed by atoms with Crippen molar-refractivity contribution in [1.82, 2.24) is 9.97 Å². The van der Waals surface area contributed by atoms with Gasteiger partial charge in [-0.05, 0) is 12.5 Å². The third kappa shape index (κ3) is 4.48. The van der Waals surface area contributed by atoms with Gasteiger partial charge in [-0.25, -0.2) is 4.98 Å². The van der Waals surface area contributed by atoms with Gasteiger partial charge in [0.15, 0.2) is 0 Å². The lowest BCUT2D eigenvalue weighted by Crippen LogP contribution is -2.23. The second kappa shape index (κ2) is 8.81. The average Bonchev–Trinajstić information content (AvgIpc) is 2.71. The Kier molecular flexibility index (Phi) is 5.99. The van der Waals surface area contributed by atoms with Crippen molar-refractivity contribution >= 4 is 11.8 Å². The van der Waals surface area contributed by atoms with Crippen LogP contribution in [0.15, 0.2) is 79.4 Å². The first-order chi connectivity index (χ1) is 12.8. The first-order valence-corrected chi connectivity index (χ1v) is 8.88. The maximum Gasteiger partial charge on any atom is 0.225 e. The molecule has 132 valence electrons. The van der Waals surface area contributed by atoms with Crippen molar-refractivity contribution in [3.05, 3.63) is 84.9 Å². The van der Waals surface area contributed by atoms with Crippen molar-refractivity contribution in [2.75, 3.05) is 23.3 Å². The highest BCUT2D eigenvalue weighted by Crippen LogP contribution is 2.24. The number of rotatable bonds is 8. The molecule has 0 saturated carbocycles. The first-order valence-electron chi connectivity index (χ1n) is 8.88. The van der Waals surface area contributed by atoms with Crippen molar-refractivity contribution < 1.29 is 0 Å². The lowest BCUT2D eigenvalue weighted by molar-refractivity contribution is 0.811. The molecule has 1 heterocycles. The summed E-state index contributed by atoms with van der Waals surface area (Å²) < 4.78 is 0. The molecular weight excluding hydrogens is 320 g/mol. The van der Waals surface area contributed by atoms with E-state index in [1.165, 1.54) is 5.56 Å². The fourth-order valence-electron chi connectivity index (χ4n) is 2.75. The minimum absolute atomic E-state index is 0.618. The topological polar surface area (TPSA) is 41.1 Å². The molecule has 0 unspecified atom stereocenters. The summed E-state index contributed by atoms with van der Waals surface area (Å²) in [6.45, 7) is 8.20. The Morgan fingerprint density at radius 1 is 1.00 bits per heavy atom. The second-order valence-electron chi connectivity index (χ2n) is 5.97. The quantitative estimate of drug-likeness (QED) is 0.598. The van der Waals surface area contributed by atoms with E-state index in [1.54, 1.807) is 6.08 Å². The van der Waals surface area contributed by atoms with Gasteiger partial charge in [-0.15, -0.1) is 6.58 Å². The smallest absolute Gasteiger partial charge is 0.225 e. The summed E-state index contributed by atoms with van der Waals surface area (Å²) in [7, 11) is 0. The molecule has 0 saturated heterocycles. The molecular formula is C22H24N4. The molecule has 0 spiro atoms. The van der Waals surface area contributed by atoms with Gasteiger partial charge in [0.25, 0.3) is 0 Å². The van der Waals surface area contributed by atoms with Gasteiger partial charge in [-0.2, -0.15) is 4.98 Å². The first kappa shape index (κ1) is 17.7. The largest absolute Gasteiger partial charge is 0.352 e. The summed E-state index contributed by atoms with van der Waals surface area (Å²) in [6.07, 6.45) is 1.81. The molecule has 26 heavy (non-hydrogen) atoms.